The zero-order valence-corrected chi connectivity index (χ0v) is 17.6. The second kappa shape index (κ2) is 7.72. The monoisotopic (exact) mass is 413 g/mol. The maximum absolute atomic E-state index is 12.9. The van der Waals surface area contributed by atoms with Gasteiger partial charge in [-0.3, -0.25) is 4.79 Å². The van der Waals surface area contributed by atoms with Gasteiger partial charge in [0.2, 0.25) is 5.95 Å². The first-order valence-electron chi connectivity index (χ1n) is 10.6. The Morgan fingerprint density at radius 1 is 1.34 bits per heavy atom. The SMILES string of the molecule is C[C@H]1CNCCCN1c1nccc(-c2noc3c2CSCC32CCCCC2=O)n1. The molecule has 1 unspecified atom stereocenters. The number of nitrogens with one attached hydrogen (secondary N) is 1. The lowest BCUT2D eigenvalue weighted by Gasteiger charge is -2.36. The van der Waals surface area contributed by atoms with Gasteiger partial charge in [0.05, 0.1) is 11.1 Å². The van der Waals surface area contributed by atoms with E-state index < -0.39 is 5.41 Å². The van der Waals surface area contributed by atoms with Crippen molar-refractivity contribution >= 4 is 23.5 Å². The summed E-state index contributed by atoms with van der Waals surface area (Å²) in [7, 11) is 0. The Morgan fingerprint density at radius 2 is 2.28 bits per heavy atom. The van der Waals surface area contributed by atoms with Crippen molar-refractivity contribution in [2.45, 2.75) is 56.2 Å². The van der Waals surface area contributed by atoms with Gasteiger partial charge in [-0.25, -0.2) is 9.97 Å². The Balaban J connectivity index is 1.52. The summed E-state index contributed by atoms with van der Waals surface area (Å²) in [6.45, 7) is 5.07. The number of hydrogen-bond acceptors (Lipinski definition) is 8. The van der Waals surface area contributed by atoms with Gasteiger partial charge in [-0.05, 0) is 38.8 Å². The molecule has 0 radical (unpaired) electrons. The van der Waals surface area contributed by atoms with E-state index in [1.807, 2.05) is 17.8 Å². The van der Waals surface area contributed by atoms with Crippen molar-refractivity contribution in [2.24, 2.45) is 0 Å². The second-order valence-electron chi connectivity index (χ2n) is 8.39. The maximum Gasteiger partial charge on any atom is 0.226 e. The van der Waals surface area contributed by atoms with Crippen molar-refractivity contribution in [2.75, 3.05) is 30.3 Å². The van der Waals surface area contributed by atoms with Crippen molar-refractivity contribution in [3.63, 3.8) is 0 Å². The fraction of sp³-hybridized carbons (Fsp3) is 0.619. The van der Waals surface area contributed by atoms with E-state index >= 15 is 0 Å². The fourth-order valence-corrected chi connectivity index (χ4v) is 6.19. The molecule has 154 valence electrons. The number of hydrogen-bond donors (Lipinski definition) is 1. The Bertz CT molecular complexity index is 916. The quantitative estimate of drug-likeness (QED) is 0.805. The standard InChI is InChI=1S/C21H27N5O2S/c1-14-11-22-8-4-10-26(14)20-23-9-6-16(24-20)18-15-12-29-13-21(19(15)28-25-18)7-3-2-5-17(21)27/h6,9,14,22H,2-5,7-8,10-13H2,1H3/t14-,21?/m0/s1. The van der Waals surface area contributed by atoms with Gasteiger partial charge >= 0.3 is 0 Å². The highest BCUT2D eigenvalue weighted by Gasteiger charge is 2.49. The summed E-state index contributed by atoms with van der Waals surface area (Å²) in [6.07, 6.45) is 6.45. The molecule has 5 rings (SSSR count). The summed E-state index contributed by atoms with van der Waals surface area (Å²) < 4.78 is 5.86. The molecule has 8 heteroatoms. The number of carbonyl (C=O) groups is 1. The summed E-state index contributed by atoms with van der Waals surface area (Å²) in [5.74, 6) is 3.47. The minimum Gasteiger partial charge on any atom is -0.359 e. The molecule has 29 heavy (non-hydrogen) atoms. The topological polar surface area (TPSA) is 84.1 Å². The first-order chi connectivity index (χ1) is 14.2. The Labute approximate surface area is 175 Å². The summed E-state index contributed by atoms with van der Waals surface area (Å²) in [6, 6.07) is 2.23. The third-order valence-corrected chi connectivity index (χ3v) is 7.67. The van der Waals surface area contributed by atoms with Crippen LogP contribution in [0.4, 0.5) is 5.95 Å². The summed E-state index contributed by atoms with van der Waals surface area (Å²) in [4.78, 5) is 24.5. The van der Waals surface area contributed by atoms with Crippen LogP contribution in [0.3, 0.4) is 0 Å². The van der Waals surface area contributed by atoms with Crippen molar-refractivity contribution < 1.29 is 9.32 Å². The van der Waals surface area contributed by atoms with Gasteiger partial charge in [-0.1, -0.05) is 11.6 Å². The molecule has 2 aromatic rings. The van der Waals surface area contributed by atoms with Crippen LogP contribution in [0.1, 0.15) is 50.4 Å². The summed E-state index contributed by atoms with van der Waals surface area (Å²) >= 11 is 1.81. The number of aromatic nitrogens is 3. The van der Waals surface area contributed by atoms with Crippen LogP contribution in [0.2, 0.25) is 0 Å². The molecule has 1 saturated carbocycles. The lowest BCUT2D eigenvalue weighted by atomic mass is 9.71. The van der Waals surface area contributed by atoms with Crippen molar-refractivity contribution in [1.82, 2.24) is 20.4 Å². The molecular formula is C21H27N5O2S. The fourth-order valence-electron chi connectivity index (χ4n) is 4.83. The lowest BCUT2D eigenvalue weighted by molar-refractivity contribution is -0.126. The van der Waals surface area contributed by atoms with Gasteiger partial charge in [0.25, 0.3) is 0 Å². The predicted molar refractivity (Wildman–Crippen MR) is 113 cm³/mol. The number of Topliss-reactive ketones (excluding diaryl/α,β-unsaturated/α-hetero) is 1. The van der Waals surface area contributed by atoms with Crippen molar-refractivity contribution in [1.29, 1.82) is 0 Å². The Hall–Kier alpha value is -1.93. The first-order valence-corrected chi connectivity index (χ1v) is 11.8. The molecule has 1 saturated heterocycles. The van der Waals surface area contributed by atoms with E-state index in [2.05, 4.69) is 27.3 Å². The van der Waals surface area contributed by atoms with Gasteiger partial charge in [-0.2, -0.15) is 11.8 Å². The predicted octanol–water partition coefficient (Wildman–Crippen LogP) is 2.95. The molecule has 1 aliphatic carbocycles. The number of thioether (sulfide) groups is 1. The van der Waals surface area contributed by atoms with E-state index in [0.29, 0.717) is 18.2 Å². The minimum absolute atomic E-state index is 0.314. The third-order valence-electron chi connectivity index (χ3n) is 6.48. The van der Waals surface area contributed by atoms with Crippen LogP contribution in [0.25, 0.3) is 11.4 Å². The van der Waals surface area contributed by atoms with Crippen molar-refractivity contribution in [3.05, 3.63) is 23.6 Å². The van der Waals surface area contributed by atoms with Crippen LogP contribution < -0.4 is 10.2 Å². The average molecular weight is 414 g/mol. The van der Waals surface area contributed by atoms with Crippen LogP contribution in [0.15, 0.2) is 16.8 Å². The zero-order valence-electron chi connectivity index (χ0n) is 16.8. The molecule has 3 aliphatic rings. The van der Waals surface area contributed by atoms with E-state index in [0.717, 1.165) is 85.5 Å². The maximum atomic E-state index is 12.9. The van der Waals surface area contributed by atoms with Crippen LogP contribution in [-0.4, -0.2) is 52.3 Å². The van der Waals surface area contributed by atoms with E-state index in [9.17, 15) is 4.79 Å². The average Bonchev–Trinajstić information content (AvgIpc) is 3.07. The number of nitrogens with zero attached hydrogens (tertiary/aromatic N) is 4. The molecule has 1 spiro atoms. The summed E-state index contributed by atoms with van der Waals surface area (Å²) in [5.41, 5.74) is 2.12. The molecule has 7 nitrogen and oxygen atoms in total. The molecule has 0 amide bonds. The number of fused-ring (bicyclic) bond motifs is 2. The smallest absolute Gasteiger partial charge is 0.226 e. The van der Waals surface area contributed by atoms with Gasteiger partial charge < -0.3 is 14.7 Å². The molecule has 1 N–H and O–H groups in total. The zero-order chi connectivity index (χ0) is 19.8. The van der Waals surface area contributed by atoms with Gasteiger partial charge in [0.1, 0.15) is 11.5 Å². The number of rotatable bonds is 2. The third kappa shape index (κ3) is 3.26. The molecule has 0 bridgehead atoms. The molecular weight excluding hydrogens is 386 g/mol. The van der Waals surface area contributed by atoms with Gasteiger partial charge in [-0.15, -0.1) is 0 Å². The van der Waals surface area contributed by atoms with Gasteiger partial charge in [0.15, 0.2) is 5.76 Å². The molecule has 2 aromatic heterocycles. The normalized spacial score (nSPS) is 27.7. The van der Waals surface area contributed by atoms with Gasteiger partial charge in [0, 0.05) is 48.8 Å². The minimum atomic E-state index is -0.484. The highest BCUT2D eigenvalue weighted by atomic mass is 32.2. The van der Waals surface area contributed by atoms with Crippen LogP contribution in [0.5, 0.6) is 0 Å². The van der Waals surface area contributed by atoms with E-state index in [4.69, 9.17) is 9.51 Å². The highest BCUT2D eigenvalue weighted by Crippen LogP contribution is 2.47. The lowest BCUT2D eigenvalue weighted by Crippen LogP contribution is -2.43. The molecule has 2 aliphatic heterocycles. The van der Waals surface area contributed by atoms with E-state index in [-0.39, 0.29) is 0 Å². The number of ketones is 1. The Kier molecular flexibility index (Phi) is 5.07. The van der Waals surface area contributed by atoms with Crippen LogP contribution in [-0.2, 0) is 16.0 Å². The highest BCUT2D eigenvalue weighted by molar-refractivity contribution is 7.98. The first kappa shape index (κ1) is 19.1. The number of anilines is 1. The van der Waals surface area contributed by atoms with Crippen LogP contribution in [0, 0.1) is 0 Å². The second-order valence-corrected chi connectivity index (χ2v) is 9.37. The number of carbonyl (C=O) groups excluding carboxylic acids is 1. The summed E-state index contributed by atoms with van der Waals surface area (Å²) in [5, 5.41) is 7.87. The van der Waals surface area contributed by atoms with E-state index in [1.54, 1.807) is 6.20 Å². The molecule has 2 fully saturated rings. The Morgan fingerprint density at radius 3 is 3.17 bits per heavy atom. The van der Waals surface area contributed by atoms with Crippen molar-refractivity contribution in [3.8, 4) is 11.4 Å². The van der Waals surface area contributed by atoms with E-state index in [1.165, 1.54) is 0 Å². The largest absolute Gasteiger partial charge is 0.359 e. The van der Waals surface area contributed by atoms with Crippen LogP contribution >= 0.6 is 11.8 Å². The molecule has 2 atom stereocenters. The molecule has 4 heterocycles. The molecule has 0 aromatic carbocycles.